The molecule has 0 radical (unpaired) electrons. The topological polar surface area (TPSA) is 105 Å². The highest BCUT2D eigenvalue weighted by Crippen LogP contribution is 2.37. The Kier molecular flexibility index (Phi) is 5.33. The molecule has 1 aliphatic heterocycles. The highest BCUT2D eigenvalue weighted by Gasteiger charge is 2.33. The lowest BCUT2D eigenvalue weighted by atomic mass is 10.1. The number of rotatable bonds is 5. The van der Waals surface area contributed by atoms with Crippen LogP contribution in [0, 0.1) is 0 Å². The van der Waals surface area contributed by atoms with E-state index in [1.807, 2.05) is 18.2 Å². The van der Waals surface area contributed by atoms with Crippen LogP contribution in [0.1, 0.15) is 0 Å². The molecule has 184 valence electrons. The molecule has 0 spiro atoms. The molecule has 2 N–H and O–H groups in total. The SMILES string of the molecule is FC(F)(F)Oc1cc(Nc2nc(-c3ccc4cn[nH]c4c3)cn3ncnc23)ccc1N1CCOCC1. The first kappa shape index (κ1) is 22.1. The summed E-state index contributed by atoms with van der Waals surface area (Å²) in [5, 5.41) is 15.2. The molecule has 4 heterocycles. The zero-order chi connectivity index (χ0) is 24.7. The number of fused-ring (bicyclic) bond motifs is 2. The molecule has 0 atom stereocenters. The zero-order valence-corrected chi connectivity index (χ0v) is 18.7. The highest BCUT2D eigenvalue weighted by molar-refractivity contribution is 5.84. The Morgan fingerprint density at radius 3 is 2.78 bits per heavy atom. The predicted molar refractivity (Wildman–Crippen MR) is 125 cm³/mol. The van der Waals surface area contributed by atoms with Gasteiger partial charge in [-0.1, -0.05) is 12.1 Å². The van der Waals surface area contributed by atoms with Gasteiger partial charge in [0.25, 0.3) is 0 Å². The number of morpholine rings is 1. The number of alkyl halides is 3. The number of hydrogen-bond acceptors (Lipinski definition) is 8. The van der Waals surface area contributed by atoms with Gasteiger partial charge in [-0.25, -0.2) is 14.5 Å². The molecule has 3 aromatic heterocycles. The standard InChI is InChI=1S/C23H19F3N8O2/c24-23(25,26)36-20-10-16(3-4-19(20)33-5-7-35-8-6-33)30-21-22-27-13-29-34(22)12-18(31-21)14-1-2-15-11-28-32-17(15)9-14/h1-4,9-13H,5-8H2,(H,28,32)(H,30,31). The molecule has 0 unspecified atom stereocenters. The molecule has 1 saturated heterocycles. The lowest BCUT2D eigenvalue weighted by molar-refractivity contribution is -0.274. The van der Waals surface area contributed by atoms with Gasteiger partial charge in [0.05, 0.1) is 42.5 Å². The van der Waals surface area contributed by atoms with Crippen molar-refractivity contribution < 1.29 is 22.6 Å². The number of halogens is 3. The fraction of sp³-hybridized carbons (Fsp3) is 0.217. The summed E-state index contributed by atoms with van der Waals surface area (Å²) in [5.41, 5.74) is 3.33. The van der Waals surface area contributed by atoms with Crippen molar-refractivity contribution in [1.29, 1.82) is 0 Å². The van der Waals surface area contributed by atoms with E-state index in [4.69, 9.17) is 4.74 Å². The molecule has 36 heavy (non-hydrogen) atoms. The first-order valence-corrected chi connectivity index (χ1v) is 11.1. The van der Waals surface area contributed by atoms with Gasteiger partial charge in [0.1, 0.15) is 6.33 Å². The van der Waals surface area contributed by atoms with Crippen LogP contribution in [0.15, 0.2) is 55.1 Å². The van der Waals surface area contributed by atoms with Gasteiger partial charge in [-0.15, -0.1) is 13.2 Å². The van der Waals surface area contributed by atoms with Gasteiger partial charge in [-0.05, 0) is 18.2 Å². The number of benzene rings is 2. The number of anilines is 3. The van der Waals surface area contributed by atoms with Crippen molar-refractivity contribution in [3.8, 4) is 17.0 Å². The maximum Gasteiger partial charge on any atom is 0.573 e. The van der Waals surface area contributed by atoms with Gasteiger partial charge in [0, 0.05) is 35.8 Å². The van der Waals surface area contributed by atoms with Crippen LogP contribution in [-0.4, -0.2) is 62.4 Å². The molecule has 2 aromatic carbocycles. The van der Waals surface area contributed by atoms with E-state index in [9.17, 15) is 13.2 Å². The zero-order valence-electron chi connectivity index (χ0n) is 18.7. The summed E-state index contributed by atoms with van der Waals surface area (Å²) in [6.45, 7) is 1.78. The second-order valence-corrected chi connectivity index (χ2v) is 8.13. The number of nitrogens with zero attached hydrogens (tertiary/aromatic N) is 6. The van der Waals surface area contributed by atoms with Crippen molar-refractivity contribution in [2.75, 3.05) is 36.5 Å². The minimum atomic E-state index is -4.84. The molecule has 1 aliphatic rings. The summed E-state index contributed by atoms with van der Waals surface area (Å²) < 4.78 is 50.9. The summed E-state index contributed by atoms with van der Waals surface area (Å²) in [6.07, 6.45) is -0.0146. The quantitative estimate of drug-likeness (QED) is 0.374. The third-order valence-corrected chi connectivity index (χ3v) is 5.80. The summed E-state index contributed by atoms with van der Waals surface area (Å²) in [5.74, 6) is 0.0135. The molecule has 5 aromatic rings. The Hall–Kier alpha value is -4.39. The predicted octanol–water partition coefficient (Wildman–Crippen LogP) is 4.15. The molecule has 10 nitrogen and oxygen atoms in total. The maximum absolute atomic E-state index is 13.2. The Balaban J connectivity index is 1.38. The van der Waals surface area contributed by atoms with Gasteiger partial charge in [0.2, 0.25) is 0 Å². The second-order valence-electron chi connectivity index (χ2n) is 8.13. The monoisotopic (exact) mass is 496 g/mol. The molecule has 13 heteroatoms. The second kappa shape index (κ2) is 8.68. The highest BCUT2D eigenvalue weighted by atomic mass is 19.4. The smallest absolute Gasteiger partial charge is 0.403 e. The number of ether oxygens (including phenoxy) is 2. The third kappa shape index (κ3) is 4.35. The third-order valence-electron chi connectivity index (χ3n) is 5.80. The van der Waals surface area contributed by atoms with Crippen LogP contribution in [0.2, 0.25) is 0 Å². The van der Waals surface area contributed by atoms with Crippen LogP contribution in [0.3, 0.4) is 0 Å². The summed E-state index contributed by atoms with van der Waals surface area (Å²) in [6, 6.07) is 10.3. The van der Waals surface area contributed by atoms with Gasteiger partial charge in [0.15, 0.2) is 17.2 Å². The van der Waals surface area contributed by atoms with Gasteiger partial charge >= 0.3 is 6.36 Å². The van der Waals surface area contributed by atoms with E-state index < -0.39 is 6.36 Å². The average Bonchev–Trinajstić information content (AvgIpc) is 3.53. The van der Waals surface area contributed by atoms with Crippen LogP contribution in [-0.2, 0) is 4.74 Å². The van der Waals surface area contributed by atoms with E-state index in [1.165, 1.54) is 12.4 Å². The van der Waals surface area contributed by atoms with E-state index in [0.29, 0.717) is 54.8 Å². The van der Waals surface area contributed by atoms with Crippen molar-refractivity contribution >= 4 is 33.7 Å². The molecule has 0 aliphatic carbocycles. The Morgan fingerprint density at radius 1 is 1.08 bits per heavy atom. The number of nitrogens with one attached hydrogen (secondary N) is 2. The maximum atomic E-state index is 13.2. The fourth-order valence-corrected chi connectivity index (χ4v) is 4.15. The minimum absolute atomic E-state index is 0.312. The molecule has 0 bridgehead atoms. The Labute approximate surface area is 201 Å². The number of aromatic amines is 1. The van der Waals surface area contributed by atoms with Crippen LogP contribution >= 0.6 is 0 Å². The van der Waals surface area contributed by atoms with E-state index in [2.05, 4.69) is 35.3 Å². The average molecular weight is 496 g/mol. The molecular weight excluding hydrogens is 477 g/mol. The summed E-state index contributed by atoms with van der Waals surface area (Å²) >= 11 is 0. The minimum Gasteiger partial charge on any atom is -0.403 e. The number of hydrogen-bond donors (Lipinski definition) is 2. The Morgan fingerprint density at radius 2 is 1.94 bits per heavy atom. The molecule has 0 saturated carbocycles. The molecular formula is C23H19F3N8O2. The molecule has 0 amide bonds. The molecule has 1 fully saturated rings. The lowest BCUT2D eigenvalue weighted by Crippen LogP contribution is -2.36. The largest absolute Gasteiger partial charge is 0.573 e. The van der Waals surface area contributed by atoms with Crippen molar-refractivity contribution in [2.45, 2.75) is 6.36 Å². The number of H-pyrrole nitrogens is 1. The summed E-state index contributed by atoms with van der Waals surface area (Å²) in [4.78, 5) is 10.7. The summed E-state index contributed by atoms with van der Waals surface area (Å²) in [7, 11) is 0. The van der Waals surface area contributed by atoms with Gasteiger partial charge < -0.3 is 19.7 Å². The molecule has 6 rings (SSSR count). The number of aromatic nitrogens is 6. The van der Waals surface area contributed by atoms with E-state index in [0.717, 1.165) is 16.5 Å². The van der Waals surface area contributed by atoms with Crippen LogP contribution in [0.25, 0.3) is 27.8 Å². The van der Waals surface area contributed by atoms with Crippen molar-refractivity contribution in [1.82, 2.24) is 29.8 Å². The van der Waals surface area contributed by atoms with E-state index in [-0.39, 0.29) is 5.75 Å². The lowest BCUT2D eigenvalue weighted by Gasteiger charge is -2.30. The normalized spacial score (nSPS) is 14.5. The van der Waals surface area contributed by atoms with Crippen molar-refractivity contribution in [2.24, 2.45) is 0 Å². The van der Waals surface area contributed by atoms with Crippen LogP contribution in [0.5, 0.6) is 5.75 Å². The van der Waals surface area contributed by atoms with E-state index in [1.54, 1.807) is 33.9 Å². The van der Waals surface area contributed by atoms with Crippen LogP contribution < -0.4 is 15.0 Å². The van der Waals surface area contributed by atoms with Crippen LogP contribution in [0.4, 0.5) is 30.4 Å². The van der Waals surface area contributed by atoms with Gasteiger partial charge in [-0.3, -0.25) is 5.10 Å². The van der Waals surface area contributed by atoms with Gasteiger partial charge in [-0.2, -0.15) is 10.2 Å². The van der Waals surface area contributed by atoms with E-state index >= 15 is 0 Å². The van der Waals surface area contributed by atoms with Crippen molar-refractivity contribution in [3.05, 3.63) is 55.1 Å². The first-order chi connectivity index (χ1) is 17.4. The first-order valence-electron chi connectivity index (χ1n) is 11.1. The fourth-order valence-electron chi connectivity index (χ4n) is 4.15. The Bertz CT molecular complexity index is 1540. The van der Waals surface area contributed by atoms with Crippen molar-refractivity contribution in [3.63, 3.8) is 0 Å².